The predicted octanol–water partition coefficient (Wildman–Crippen LogP) is 4.05. The lowest BCUT2D eigenvalue weighted by molar-refractivity contribution is 0.0728. The Morgan fingerprint density at radius 1 is 1.27 bits per heavy atom. The molecule has 0 radical (unpaired) electrons. The number of nitriles is 1. The largest absolute Gasteiger partial charge is 0.490 e. The molecule has 1 N–H and O–H groups in total. The average Bonchev–Trinajstić information content (AvgIpc) is 3.22. The summed E-state index contributed by atoms with van der Waals surface area (Å²) >= 11 is 6.17. The van der Waals surface area contributed by atoms with Crippen molar-refractivity contribution in [1.29, 1.82) is 5.26 Å². The minimum Gasteiger partial charge on any atom is -0.490 e. The zero-order valence-corrected chi connectivity index (χ0v) is 17.9. The van der Waals surface area contributed by atoms with Crippen molar-refractivity contribution in [2.75, 3.05) is 6.61 Å². The van der Waals surface area contributed by atoms with Crippen LogP contribution in [0.4, 0.5) is 0 Å². The molecule has 0 saturated heterocycles. The van der Waals surface area contributed by atoms with E-state index in [1.165, 1.54) is 36.4 Å². The third-order valence-electron chi connectivity index (χ3n) is 4.69. The van der Waals surface area contributed by atoms with Crippen molar-refractivity contribution in [2.45, 2.75) is 43.5 Å². The van der Waals surface area contributed by atoms with Crippen molar-refractivity contribution in [2.24, 2.45) is 0 Å². The highest BCUT2D eigenvalue weighted by atomic mass is 35.5. The van der Waals surface area contributed by atoms with Crippen LogP contribution in [0.1, 0.15) is 48.5 Å². The van der Waals surface area contributed by atoms with Gasteiger partial charge in [-0.1, -0.05) is 30.5 Å². The summed E-state index contributed by atoms with van der Waals surface area (Å²) in [6.45, 7) is 2.01. The third kappa shape index (κ3) is 5.11. The first-order valence-corrected chi connectivity index (χ1v) is 11.4. The van der Waals surface area contributed by atoms with E-state index < -0.39 is 16.0 Å². The lowest BCUT2D eigenvalue weighted by Crippen LogP contribution is -2.32. The fourth-order valence-corrected chi connectivity index (χ4v) is 4.87. The van der Waals surface area contributed by atoms with Gasteiger partial charge in [0.25, 0.3) is 0 Å². The van der Waals surface area contributed by atoms with Gasteiger partial charge in [-0.05, 0) is 44.0 Å². The van der Waals surface area contributed by atoms with Crippen molar-refractivity contribution in [3.05, 3.63) is 52.5 Å². The molecule has 0 aliphatic heterocycles. The second-order valence-corrected chi connectivity index (χ2v) is 8.97. The Morgan fingerprint density at radius 3 is 2.67 bits per heavy atom. The van der Waals surface area contributed by atoms with Crippen molar-refractivity contribution >= 4 is 27.6 Å². The number of carbonyl (C=O) groups excluding carboxylic acids is 1. The number of nitrogens with zero attached hydrogens (tertiary/aromatic N) is 1. The summed E-state index contributed by atoms with van der Waals surface area (Å²) in [5.74, 6) is -0.665. The molecule has 3 rings (SSSR count). The molecular formula is C21H21ClN2O5S. The quantitative estimate of drug-likeness (QED) is 0.506. The molecule has 0 unspecified atom stereocenters. The van der Waals surface area contributed by atoms with E-state index in [4.69, 9.17) is 26.3 Å². The number of hydrogen-bond donors (Lipinski definition) is 1. The van der Waals surface area contributed by atoms with Gasteiger partial charge in [0.15, 0.2) is 11.5 Å². The van der Waals surface area contributed by atoms with E-state index in [-0.39, 0.29) is 45.2 Å². The molecule has 0 heterocycles. The average molecular weight is 449 g/mol. The molecule has 158 valence electrons. The number of halogens is 1. The van der Waals surface area contributed by atoms with E-state index in [0.29, 0.717) is 0 Å². The number of ether oxygens (including phenoxy) is 2. The summed E-state index contributed by atoms with van der Waals surface area (Å²) in [5.41, 5.74) is 0.307. The van der Waals surface area contributed by atoms with Gasteiger partial charge < -0.3 is 9.47 Å². The van der Waals surface area contributed by atoms with Crippen molar-refractivity contribution in [1.82, 2.24) is 4.72 Å². The van der Waals surface area contributed by atoms with E-state index in [9.17, 15) is 13.2 Å². The van der Waals surface area contributed by atoms with Crippen LogP contribution >= 0.6 is 11.6 Å². The number of rotatable bonds is 7. The summed E-state index contributed by atoms with van der Waals surface area (Å²) < 4.78 is 38.8. The maximum atomic E-state index is 12.7. The first kappa shape index (κ1) is 22.1. The van der Waals surface area contributed by atoms with Gasteiger partial charge in [-0.15, -0.1) is 0 Å². The van der Waals surface area contributed by atoms with Gasteiger partial charge in [0.1, 0.15) is 0 Å². The van der Waals surface area contributed by atoms with Crippen LogP contribution in [0, 0.1) is 11.3 Å². The summed E-state index contributed by atoms with van der Waals surface area (Å²) in [5, 5.41) is 9.12. The fourth-order valence-electron chi connectivity index (χ4n) is 3.27. The summed E-state index contributed by atoms with van der Waals surface area (Å²) in [4.78, 5) is 12.7. The maximum Gasteiger partial charge on any atom is 0.343 e. The topological polar surface area (TPSA) is 105 Å². The first-order valence-electron chi connectivity index (χ1n) is 9.55. The number of esters is 1. The maximum absolute atomic E-state index is 12.7. The molecule has 1 fully saturated rings. The lowest BCUT2D eigenvalue weighted by Gasteiger charge is -2.14. The molecule has 2 aromatic rings. The molecule has 0 amide bonds. The highest BCUT2D eigenvalue weighted by Crippen LogP contribution is 2.37. The molecule has 7 nitrogen and oxygen atoms in total. The molecule has 1 aliphatic rings. The SMILES string of the molecule is CCOc1cc(C#N)cc(Cl)c1OC(=O)c1cccc(S(=O)(=O)NC2CCCC2)c1. The van der Waals surface area contributed by atoms with Crippen LogP contribution < -0.4 is 14.2 Å². The fraction of sp³-hybridized carbons (Fsp3) is 0.333. The predicted molar refractivity (Wildman–Crippen MR) is 111 cm³/mol. The molecule has 9 heteroatoms. The molecule has 1 aliphatic carbocycles. The molecule has 0 spiro atoms. The molecule has 30 heavy (non-hydrogen) atoms. The van der Waals surface area contributed by atoms with E-state index in [1.54, 1.807) is 6.92 Å². The Balaban J connectivity index is 1.85. The summed E-state index contributed by atoms with van der Waals surface area (Å²) in [6, 6.07) is 10.3. The van der Waals surface area contributed by atoms with Crippen LogP contribution in [0.15, 0.2) is 41.3 Å². The van der Waals surface area contributed by atoms with Crippen LogP contribution in [-0.2, 0) is 10.0 Å². The summed E-state index contributed by atoms with van der Waals surface area (Å²) in [7, 11) is -3.75. The van der Waals surface area contributed by atoms with Gasteiger partial charge in [-0.2, -0.15) is 5.26 Å². The number of benzene rings is 2. The Labute approximate surface area is 180 Å². The molecule has 1 saturated carbocycles. The molecule has 0 bridgehead atoms. The Hall–Kier alpha value is -2.60. The Kier molecular flexibility index (Phi) is 6.98. The van der Waals surface area contributed by atoms with E-state index >= 15 is 0 Å². The molecule has 0 aromatic heterocycles. The minimum absolute atomic E-state index is 0.0141. The first-order chi connectivity index (χ1) is 14.3. The van der Waals surface area contributed by atoms with Gasteiger partial charge in [0.05, 0.1) is 33.7 Å². The second kappa shape index (κ2) is 9.47. The number of carbonyl (C=O) groups is 1. The lowest BCUT2D eigenvalue weighted by atomic mass is 10.2. The summed E-state index contributed by atoms with van der Waals surface area (Å²) in [6.07, 6.45) is 3.59. The third-order valence-corrected chi connectivity index (χ3v) is 6.49. The van der Waals surface area contributed by atoms with Gasteiger partial charge in [-0.25, -0.2) is 17.9 Å². The van der Waals surface area contributed by atoms with E-state index in [2.05, 4.69) is 4.72 Å². The smallest absolute Gasteiger partial charge is 0.343 e. The van der Waals surface area contributed by atoms with Crippen molar-refractivity contribution in [3.8, 4) is 17.6 Å². The molecular weight excluding hydrogens is 428 g/mol. The van der Waals surface area contributed by atoms with Gasteiger partial charge in [-0.3, -0.25) is 0 Å². The van der Waals surface area contributed by atoms with Gasteiger partial charge >= 0.3 is 5.97 Å². The standard InChI is InChI=1S/C21H21ClN2O5S/c1-2-28-19-11-14(13-23)10-18(22)20(19)29-21(25)15-6-5-9-17(12-15)30(26,27)24-16-7-3-4-8-16/h5-6,9-12,16,24H,2-4,7-8H2,1H3. The van der Waals surface area contributed by atoms with Crippen molar-refractivity contribution < 1.29 is 22.7 Å². The number of sulfonamides is 1. The van der Waals surface area contributed by atoms with Crippen LogP contribution in [0.2, 0.25) is 5.02 Å². The Morgan fingerprint density at radius 2 is 2.00 bits per heavy atom. The zero-order chi connectivity index (χ0) is 21.7. The van der Waals surface area contributed by atoms with Crippen LogP contribution in [0.25, 0.3) is 0 Å². The van der Waals surface area contributed by atoms with E-state index in [1.807, 2.05) is 6.07 Å². The molecule has 2 aromatic carbocycles. The minimum atomic E-state index is -3.75. The van der Waals surface area contributed by atoms with Gasteiger partial charge in [0, 0.05) is 12.1 Å². The van der Waals surface area contributed by atoms with Gasteiger partial charge in [0.2, 0.25) is 10.0 Å². The van der Waals surface area contributed by atoms with Crippen LogP contribution in [0.3, 0.4) is 0 Å². The number of hydrogen-bond acceptors (Lipinski definition) is 6. The second-order valence-electron chi connectivity index (χ2n) is 6.85. The van der Waals surface area contributed by atoms with Crippen LogP contribution in [-0.4, -0.2) is 27.0 Å². The molecule has 0 atom stereocenters. The monoisotopic (exact) mass is 448 g/mol. The zero-order valence-electron chi connectivity index (χ0n) is 16.4. The highest BCUT2D eigenvalue weighted by molar-refractivity contribution is 7.89. The van der Waals surface area contributed by atoms with Crippen molar-refractivity contribution in [3.63, 3.8) is 0 Å². The number of nitrogens with one attached hydrogen (secondary N) is 1. The normalized spacial score (nSPS) is 14.3. The van der Waals surface area contributed by atoms with E-state index in [0.717, 1.165) is 25.7 Å². The highest BCUT2D eigenvalue weighted by Gasteiger charge is 2.24. The van der Waals surface area contributed by atoms with Crippen LogP contribution in [0.5, 0.6) is 11.5 Å². The Bertz CT molecular complexity index is 1090.